The van der Waals surface area contributed by atoms with Gasteiger partial charge in [0.15, 0.2) is 0 Å². The number of hydrogen-bond donors (Lipinski definition) is 2. The van der Waals surface area contributed by atoms with Gasteiger partial charge in [0.1, 0.15) is 0 Å². The lowest BCUT2D eigenvalue weighted by Gasteiger charge is -2.20. The third-order valence-electron chi connectivity index (χ3n) is 4.51. The highest BCUT2D eigenvalue weighted by Crippen LogP contribution is 2.51. The van der Waals surface area contributed by atoms with Crippen LogP contribution in [0.1, 0.15) is 50.4 Å². The molecular weight excluding hydrogens is 284 g/mol. The van der Waals surface area contributed by atoms with Crippen molar-refractivity contribution in [2.75, 3.05) is 18.4 Å². The maximum Gasteiger partial charge on any atom is 0.253 e. The topological polar surface area (TPSA) is 41.1 Å². The van der Waals surface area contributed by atoms with Crippen LogP contribution in [0.15, 0.2) is 18.2 Å². The van der Waals surface area contributed by atoms with E-state index >= 15 is 0 Å². The molecule has 21 heavy (non-hydrogen) atoms. The van der Waals surface area contributed by atoms with E-state index in [0.29, 0.717) is 21.9 Å². The van der Waals surface area contributed by atoms with Crippen LogP contribution in [0.3, 0.4) is 0 Å². The molecule has 0 unspecified atom stereocenters. The number of nitrogens with one attached hydrogen (secondary N) is 2. The average molecular weight is 309 g/mol. The van der Waals surface area contributed by atoms with Gasteiger partial charge in [-0.3, -0.25) is 4.79 Å². The molecule has 0 atom stereocenters. The normalized spacial score (nSPS) is 15.9. The Bertz CT molecular complexity index is 510. The lowest BCUT2D eigenvalue weighted by molar-refractivity contribution is 0.0940. The Balaban J connectivity index is 2.05. The van der Waals surface area contributed by atoms with Crippen LogP contribution in [-0.2, 0) is 0 Å². The summed E-state index contributed by atoms with van der Waals surface area (Å²) in [7, 11) is 0. The van der Waals surface area contributed by atoms with Gasteiger partial charge in [0.2, 0.25) is 0 Å². The SMILES string of the molecule is CCCNc1ccc(Cl)cc1C(=O)NCC1(C(C)C)CC1. The average Bonchev–Trinajstić information content (AvgIpc) is 3.24. The molecule has 116 valence electrons. The van der Waals surface area contributed by atoms with E-state index in [4.69, 9.17) is 11.6 Å². The molecule has 0 aliphatic heterocycles. The molecule has 1 saturated carbocycles. The molecular formula is C17H25ClN2O. The number of carbonyl (C=O) groups is 1. The van der Waals surface area contributed by atoms with Gasteiger partial charge in [-0.1, -0.05) is 32.4 Å². The largest absolute Gasteiger partial charge is 0.384 e. The van der Waals surface area contributed by atoms with Gasteiger partial charge in [-0.05, 0) is 48.8 Å². The van der Waals surface area contributed by atoms with Gasteiger partial charge in [0.25, 0.3) is 5.91 Å². The molecule has 3 nitrogen and oxygen atoms in total. The molecule has 4 heteroatoms. The highest BCUT2D eigenvalue weighted by atomic mass is 35.5. The fourth-order valence-electron chi connectivity index (χ4n) is 2.59. The zero-order valence-corrected chi connectivity index (χ0v) is 13.9. The fourth-order valence-corrected chi connectivity index (χ4v) is 2.76. The summed E-state index contributed by atoms with van der Waals surface area (Å²) in [6.45, 7) is 8.16. The van der Waals surface area contributed by atoms with Gasteiger partial charge < -0.3 is 10.6 Å². The van der Waals surface area contributed by atoms with E-state index in [1.165, 1.54) is 12.8 Å². The number of amides is 1. The first kappa shape index (κ1) is 16.2. The second-order valence-corrected chi connectivity index (χ2v) is 6.75. The van der Waals surface area contributed by atoms with Crippen LogP contribution in [0.2, 0.25) is 5.02 Å². The molecule has 0 bridgehead atoms. The molecule has 0 spiro atoms. The second-order valence-electron chi connectivity index (χ2n) is 6.32. The van der Waals surface area contributed by atoms with E-state index in [1.54, 1.807) is 6.07 Å². The Labute approximate surface area is 132 Å². The fraction of sp³-hybridized carbons (Fsp3) is 0.588. The van der Waals surface area contributed by atoms with Crippen molar-refractivity contribution in [1.82, 2.24) is 5.32 Å². The summed E-state index contributed by atoms with van der Waals surface area (Å²) in [5.41, 5.74) is 1.80. The highest BCUT2D eigenvalue weighted by molar-refractivity contribution is 6.31. The number of hydrogen-bond acceptors (Lipinski definition) is 2. The van der Waals surface area contributed by atoms with Crippen LogP contribution in [0, 0.1) is 11.3 Å². The number of carbonyl (C=O) groups excluding carboxylic acids is 1. The predicted molar refractivity (Wildman–Crippen MR) is 89.1 cm³/mol. The zero-order valence-electron chi connectivity index (χ0n) is 13.1. The van der Waals surface area contributed by atoms with Crippen LogP contribution >= 0.6 is 11.6 Å². The summed E-state index contributed by atoms with van der Waals surface area (Å²) in [4.78, 5) is 12.5. The summed E-state index contributed by atoms with van der Waals surface area (Å²) in [5.74, 6) is 0.567. The molecule has 1 aromatic carbocycles. The number of rotatable bonds is 7. The molecule has 2 N–H and O–H groups in total. The van der Waals surface area contributed by atoms with Gasteiger partial charge in [-0.15, -0.1) is 0 Å². The second kappa shape index (κ2) is 6.69. The van der Waals surface area contributed by atoms with Gasteiger partial charge >= 0.3 is 0 Å². The Morgan fingerprint density at radius 2 is 2.10 bits per heavy atom. The number of anilines is 1. The Hall–Kier alpha value is -1.22. The Morgan fingerprint density at radius 1 is 1.38 bits per heavy atom. The first-order valence-corrected chi connectivity index (χ1v) is 8.18. The monoisotopic (exact) mass is 308 g/mol. The number of halogens is 1. The van der Waals surface area contributed by atoms with Crippen LogP contribution in [0.4, 0.5) is 5.69 Å². The van der Waals surface area contributed by atoms with E-state index < -0.39 is 0 Å². The summed E-state index contributed by atoms with van der Waals surface area (Å²) < 4.78 is 0. The van der Waals surface area contributed by atoms with Crippen LogP contribution < -0.4 is 10.6 Å². The van der Waals surface area contributed by atoms with E-state index in [-0.39, 0.29) is 5.91 Å². The minimum Gasteiger partial charge on any atom is -0.384 e. The lowest BCUT2D eigenvalue weighted by atomic mass is 9.92. The maximum absolute atomic E-state index is 12.5. The molecule has 1 aromatic rings. The first-order valence-electron chi connectivity index (χ1n) is 7.80. The van der Waals surface area contributed by atoms with Crippen molar-refractivity contribution < 1.29 is 4.79 Å². The molecule has 1 fully saturated rings. The van der Waals surface area contributed by atoms with Gasteiger partial charge in [0.05, 0.1) is 5.56 Å². The van der Waals surface area contributed by atoms with E-state index in [9.17, 15) is 4.79 Å². The van der Waals surface area contributed by atoms with Crippen LogP contribution in [0.5, 0.6) is 0 Å². The van der Waals surface area contributed by atoms with Crippen molar-refractivity contribution in [2.24, 2.45) is 11.3 Å². The van der Waals surface area contributed by atoms with Crippen molar-refractivity contribution in [2.45, 2.75) is 40.0 Å². The molecule has 1 aliphatic rings. The molecule has 0 radical (unpaired) electrons. The summed E-state index contributed by atoms with van der Waals surface area (Å²) in [6, 6.07) is 5.43. The van der Waals surface area contributed by atoms with E-state index in [2.05, 4.69) is 31.4 Å². The summed E-state index contributed by atoms with van der Waals surface area (Å²) >= 11 is 6.04. The maximum atomic E-state index is 12.5. The molecule has 1 amide bonds. The van der Waals surface area contributed by atoms with Gasteiger partial charge in [-0.2, -0.15) is 0 Å². The number of benzene rings is 1. The third-order valence-corrected chi connectivity index (χ3v) is 4.74. The zero-order chi connectivity index (χ0) is 15.5. The first-order chi connectivity index (χ1) is 9.98. The van der Waals surface area contributed by atoms with Gasteiger partial charge in [0, 0.05) is 23.8 Å². The Morgan fingerprint density at radius 3 is 2.67 bits per heavy atom. The van der Waals surface area contributed by atoms with Gasteiger partial charge in [-0.25, -0.2) is 0 Å². The molecule has 2 rings (SSSR count). The molecule has 0 saturated heterocycles. The summed E-state index contributed by atoms with van der Waals surface area (Å²) in [6.07, 6.45) is 3.43. The van der Waals surface area contributed by atoms with Crippen molar-refractivity contribution in [1.29, 1.82) is 0 Å². The predicted octanol–water partition coefficient (Wildman–Crippen LogP) is 4.33. The molecule has 0 aromatic heterocycles. The van der Waals surface area contributed by atoms with Crippen LogP contribution in [0.25, 0.3) is 0 Å². The van der Waals surface area contributed by atoms with Crippen molar-refractivity contribution in [3.63, 3.8) is 0 Å². The Kier molecular flexibility index (Phi) is 5.15. The minimum atomic E-state index is -0.0389. The van der Waals surface area contributed by atoms with E-state index in [1.807, 2.05) is 12.1 Å². The van der Waals surface area contributed by atoms with E-state index in [0.717, 1.165) is 25.2 Å². The lowest BCUT2D eigenvalue weighted by Crippen LogP contribution is -2.33. The summed E-state index contributed by atoms with van der Waals surface area (Å²) in [5, 5.41) is 6.97. The molecule has 1 aliphatic carbocycles. The standard InChI is InChI=1S/C17H25ClN2O/c1-4-9-19-15-6-5-13(18)10-14(15)16(21)20-11-17(7-8-17)12(2)3/h5-6,10,12,19H,4,7-9,11H2,1-3H3,(H,20,21). The quantitative estimate of drug-likeness (QED) is 0.787. The molecule has 0 heterocycles. The smallest absolute Gasteiger partial charge is 0.253 e. The van der Waals surface area contributed by atoms with Crippen molar-refractivity contribution in [3.8, 4) is 0 Å². The minimum absolute atomic E-state index is 0.0389. The van der Waals surface area contributed by atoms with Crippen LogP contribution in [-0.4, -0.2) is 19.0 Å². The van der Waals surface area contributed by atoms with Crippen molar-refractivity contribution >= 4 is 23.2 Å². The highest BCUT2D eigenvalue weighted by Gasteiger charge is 2.45. The third kappa shape index (κ3) is 3.91. The van der Waals surface area contributed by atoms with Crippen molar-refractivity contribution in [3.05, 3.63) is 28.8 Å².